The van der Waals surface area contributed by atoms with Gasteiger partial charge in [0.2, 0.25) is 5.89 Å². The third kappa shape index (κ3) is 1.48. The molecule has 0 N–H and O–H groups in total. The third-order valence-corrected chi connectivity index (χ3v) is 2.07. The van der Waals surface area contributed by atoms with Gasteiger partial charge in [0, 0.05) is 19.4 Å². The predicted octanol–water partition coefficient (Wildman–Crippen LogP) is 1.27. The zero-order chi connectivity index (χ0) is 8.39. The average Bonchev–Trinajstić information content (AvgIpc) is 2.54. The molecule has 1 aliphatic rings. The molecule has 0 bridgehead atoms. The van der Waals surface area contributed by atoms with Gasteiger partial charge in [-0.05, 0) is 12.8 Å². The maximum atomic E-state index is 5.32. The number of ether oxygens (including phenoxy) is 1. The molecule has 1 aliphatic heterocycles. The Morgan fingerprint density at radius 1 is 1.50 bits per heavy atom. The van der Waals surface area contributed by atoms with Crippen molar-refractivity contribution >= 4 is 0 Å². The molecule has 2 heterocycles. The molecule has 0 aromatic carbocycles. The highest BCUT2D eigenvalue weighted by Crippen LogP contribution is 2.22. The topological polar surface area (TPSA) is 48.2 Å². The molecule has 0 radical (unpaired) electrons. The quantitative estimate of drug-likeness (QED) is 0.633. The Balaban J connectivity index is 2.08. The molecule has 12 heavy (non-hydrogen) atoms. The second-order valence-corrected chi connectivity index (χ2v) is 3.09. The maximum Gasteiger partial charge on any atom is 0.223 e. The fraction of sp³-hybridized carbons (Fsp3) is 0.750. The normalized spacial score (nSPS) is 24.2. The molecule has 1 saturated heterocycles. The minimum Gasteiger partial charge on any atom is -0.381 e. The minimum absolute atomic E-state index is 0.344. The van der Waals surface area contributed by atoms with Gasteiger partial charge in [-0.15, -0.1) is 0 Å². The van der Waals surface area contributed by atoms with Crippen molar-refractivity contribution in [3.63, 3.8) is 0 Å². The van der Waals surface area contributed by atoms with E-state index in [4.69, 9.17) is 9.26 Å². The summed E-state index contributed by atoms with van der Waals surface area (Å²) in [5, 5.41) is 3.87. The van der Waals surface area contributed by atoms with E-state index < -0.39 is 0 Å². The van der Waals surface area contributed by atoms with Crippen molar-refractivity contribution < 1.29 is 9.26 Å². The second kappa shape index (κ2) is 3.23. The molecule has 4 nitrogen and oxygen atoms in total. The molecule has 0 amide bonds. The number of nitrogens with zero attached hydrogens (tertiary/aromatic N) is 2. The van der Waals surface area contributed by atoms with Gasteiger partial charge in [-0.2, -0.15) is 4.98 Å². The van der Waals surface area contributed by atoms with Crippen LogP contribution in [0, 0.1) is 6.92 Å². The van der Waals surface area contributed by atoms with Gasteiger partial charge < -0.3 is 9.26 Å². The van der Waals surface area contributed by atoms with Gasteiger partial charge in [-0.1, -0.05) is 5.16 Å². The molecule has 0 aliphatic carbocycles. The molecule has 1 fully saturated rings. The van der Waals surface area contributed by atoms with Crippen LogP contribution in [-0.2, 0) is 4.74 Å². The third-order valence-electron chi connectivity index (χ3n) is 2.07. The standard InChI is InChI=1S/C8H12N2O2/c1-6-9-8(10-12-6)7-3-2-4-11-5-7/h7H,2-5H2,1H3. The van der Waals surface area contributed by atoms with Gasteiger partial charge in [0.05, 0.1) is 6.61 Å². The first kappa shape index (κ1) is 7.73. The van der Waals surface area contributed by atoms with E-state index in [2.05, 4.69) is 10.1 Å². The Morgan fingerprint density at radius 3 is 3.00 bits per heavy atom. The van der Waals surface area contributed by atoms with Crippen molar-refractivity contribution in [2.75, 3.05) is 13.2 Å². The molecule has 1 unspecified atom stereocenters. The van der Waals surface area contributed by atoms with Crippen molar-refractivity contribution in [3.8, 4) is 0 Å². The van der Waals surface area contributed by atoms with Crippen LogP contribution in [0.3, 0.4) is 0 Å². The highest BCUT2D eigenvalue weighted by Gasteiger charge is 2.20. The lowest BCUT2D eigenvalue weighted by Crippen LogP contribution is -2.16. The van der Waals surface area contributed by atoms with E-state index in [0.717, 1.165) is 31.9 Å². The SMILES string of the molecule is Cc1nc(C2CCCOC2)no1. The number of hydrogen-bond donors (Lipinski definition) is 0. The summed E-state index contributed by atoms with van der Waals surface area (Å²) in [6.45, 7) is 3.41. The Kier molecular flexibility index (Phi) is 2.08. The van der Waals surface area contributed by atoms with Gasteiger partial charge in [0.1, 0.15) is 0 Å². The summed E-state index contributed by atoms with van der Waals surface area (Å²) in [4.78, 5) is 4.18. The molecule has 2 rings (SSSR count). The van der Waals surface area contributed by atoms with E-state index in [1.165, 1.54) is 0 Å². The van der Waals surface area contributed by atoms with Gasteiger partial charge in [0.25, 0.3) is 0 Å². The zero-order valence-electron chi connectivity index (χ0n) is 7.12. The van der Waals surface area contributed by atoms with Crippen LogP contribution in [0.4, 0.5) is 0 Å². The number of rotatable bonds is 1. The summed E-state index contributed by atoms with van der Waals surface area (Å²) in [5.41, 5.74) is 0. The van der Waals surface area contributed by atoms with E-state index in [-0.39, 0.29) is 0 Å². The summed E-state index contributed by atoms with van der Waals surface area (Å²) in [6.07, 6.45) is 2.21. The van der Waals surface area contributed by atoms with Crippen molar-refractivity contribution in [2.45, 2.75) is 25.7 Å². The van der Waals surface area contributed by atoms with E-state index >= 15 is 0 Å². The molecular formula is C8H12N2O2. The molecule has 1 atom stereocenters. The van der Waals surface area contributed by atoms with Crippen molar-refractivity contribution in [1.29, 1.82) is 0 Å². The molecule has 1 aromatic rings. The van der Waals surface area contributed by atoms with Crippen molar-refractivity contribution in [3.05, 3.63) is 11.7 Å². The lowest BCUT2D eigenvalue weighted by molar-refractivity contribution is 0.0773. The van der Waals surface area contributed by atoms with E-state index in [1.807, 2.05) is 0 Å². The summed E-state index contributed by atoms with van der Waals surface area (Å²) < 4.78 is 10.2. The number of aryl methyl sites for hydroxylation is 1. The highest BCUT2D eigenvalue weighted by molar-refractivity contribution is 4.95. The Hall–Kier alpha value is -0.900. The van der Waals surface area contributed by atoms with Gasteiger partial charge >= 0.3 is 0 Å². The zero-order valence-corrected chi connectivity index (χ0v) is 7.12. The Morgan fingerprint density at radius 2 is 2.42 bits per heavy atom. The van der Waals surface area contributed by atoms with E-state index in [0.29, 0.717) is 11.8 Å². The van der Waals surface area contributed by atoms with Gasteiger partial charge in [0.15, 0.2) is 5.82 Å². The molecule has 4 heteroatoms. The Labute approximate surface area is 70.9 Å². The number of aromatic nitrogens is 2. The van der Waals surface area contributed by atoms with E-state index in [9.17, 15) is 0 Å². The first-order valence-corrected chi connectivity index (χ1v) is 4.24. The fourth-order valence-corrected chi connectivity index (χ4v) is 1.43. The van der Waals surface area contributed by atoms with E-state index in [1.54, 1.807) is 6.92 Å². The highest BCUT2D eigenvalue weighted by atomic mass is 16.5. The van der Waals surface area contributed by atoms with Crippen LogP contribution in [0.1, 0.15) is 30.5 Å². The first-order valence-electron chi connectivity index (χ1n) is 4.24. The maximum absolute atomic E-state index is 5.32. The monoisotopic (exact) mass is 168 g/mol. The van der Waals surface area contributed by atoms with Crippen LogP contribution < -0.4 is 0 Å². The van der Waals surface area contributed by atoms with Crippen LogP contribution in [0.5, 0.6) is 0 Å². The summed E-state index contributed by atoms with van der Waals surface area (Å²) in [5.74, 6) is 1.78. The summed E-state index contributed by atoms with van der Waals surface area (Å²) in [6, 6.07) is 0. The van der Waals surface area contributed by atoms with Crippen LogP contribution in [0.15, 0.2) is 4.52 Å². The fourth-order valence-electron chi connectivity index (χ4n) is 1.43. The summed E-state index contributed by atoms with van der Waals surface area (Å²) in [7, 11) is 0. The minimum atomic E-state index is 0.344. The molecule has 0 saturated carbocycles. The molecule has 66 valence electrons. The largest absolute Gasteiger partial charge is 0.381 e. The van der Waals surface area contributed by atoms with Crippen LogP contribution >= 0.6 is 0 Å². The van der Waals surface area contributed by atoms with Crippen LogP contribution in [0.2, 0.25) is 0 Å². The van der Waals surface area contributed by atoms with Crippen LogP contribution in [-0.4, -0.2) is 23.4 Å². The lowest BCUT2D eigenvalue weighted by atomic mass is 10.0. The first-order chi connectivity index (χ1) is 5.86. The Bertz CT molecular complexity index is 253. The average molecular weight is 168 g/mol. The van der Waals surface area contributed by atoms with Gasteiger partial charge in [-0.3, -0.25) is 0 Å². The molecule has 1 aromatic heterocycles. The summed E-state index contributed by atoms with van der Waals surface area (Å²) >= 11 is 0. The molecular weight excluding hydrogens is 156 g/mol. The van der Waals surface area contributed by atoms with Crippen molar-refractivity contribution in [1.82, 2.24) is 10.1 Å². The second-order valence-electron chi connectivity index (χ2n) is 3.09. The molecule has 0 spiro atoms. The number of hydrogen-bond acceptors (Lipinski definition) is 4. The van der Waals surface area contributed by atoms with Crippen molar-refractivity contribution in [2.24, 2.45) is 0 Å². The predicted molar refractivity (Wildman–Crippen MR) is 41.8 cm³/mol. The lowest BCUT2D eigenvalue weighted by Gasteiger charge is -2.18. The smallest absolute Gasteiger partial charge is 0.223 e. The van der Waals surface area contributed by atoms with Crippen LogP contribution in [0.25, 0.3) is 0 Å². The van der Waals surface area contributed by atoms with Gasteiger partial charge in [-0.25, -0.2) is 0 Å².